The average molecular weight is 459 g/mol. The van der Waals surface area contributed by atoms with Crippen molar-refractivity contribution in [3.05, 3.63) is 102 Å². The minimum atomic E-state index is -4.06. The monoisotopic (exact) mass is 458 g/mol. The first kappa shape index (κ1) is 22.5. The van der Waals surface area contributed by atoms with Crippen molar-refractivity contribution < 1.29 is 17.6 Å². The molecule has 0 aliphatic carbocycles. The molecule has 0 saturated carbocycles. The van der Waals surface area contributed by atoms with Gasteiger partial charge in [0.2, 0.25) is 0 Å². The molecule has 0 unspecified atom stereocenters. The number of hydrogen-bond acceptors (Lipinski definition) is 3. The van der Waals surface area contributed by atoms with Gasteiger partial charge >= 0.3 is 0 Å². The Hall–Kier alpha value is -3.16. The predicted molar refractivity (Wildman–Crippen MR) is 122 cm³/mol. The van der Waals surface area contributed by atoms with Gasteiger partial charge in [-0.15, -0.1) is 6.58 Å². The highest BCUT2D eigenvalue weighted by molar-refractivity contribution is 7.92. The molecule has 0 fully saturated rings. The van der Waals surface area contributed by atoms with E-state index in [1.54, 1.807) is 30.3 Å². The number of amides is 1. The first-order valence-electron chi connectivity index (χ1n) is 9.28. The highest BCUT2D eigenvalue weighted by Crippen LogP contribution is 2.30. The number of anilines is 2. The van der Waals surface area contributed by atoms with Crippen LogP contribution in [0.4, 0.5) is 15.8 Å². The van der Waals surface area contributed by atoms with Crippen LogP contribution in [0, 0.1) is 5.82 Å². The summed E-state index contributed by atoms with van der Waals surface area (Å²) in [7, 11) is -2.63. The molecule has 3 aromatic rings. The molecule has 3 aromatic carbocycles. The summed E-state index contributed by atoms with van der Waals surface area (Å²) in [5.41, 5.74) is 0.485. The lowest BCUT2D eigenvalue weighted by atomic mass is 10.2. The van der Waals surface area contributed by atoms with E-state index in [9.17, 15) is 17.6 Å². The summed E-state index contributed by atoms with van der Waals surface area (Å²) in [5.74, 6) is -1.10. The number of rotatable bonds is 7. The molecular weight excluding hydrogens is 439 g/mol. The van der Waals surface area contributed by atoms with E-state index in [1.165, 1.54) is 55.6 Å². The largest absolute Gasteiger partial charge is 0.309 e. The number of para-hydroxylation sites is 2. The van der Waals surface area contributed by atoms with Crippen LogP contribution in [0.15, 0.2) is 90.3 Å². The number of halogens is 2. The Balaban J connectivity index is 2.01. The van der Waals surface area contributed by atoms with Crippen LogP contribution in [0.3, 0.4) is 0 Å². The molecule has 0 spiro atoms. The molecule has 0 radical (unpaired) electrons. The third-order valence-electron chi connectivity index (χ3n) is 4.60. The second-order valence-corrected chi connectivity index (χ2v) is 8.89. The van der Waals surface area contributed by atoms with Crippen LogP contribution in [-0.2, 0) is 10.0 Å². The molecule has 0 aliphatic heterocycles. The lowest BCUT2D eigenvalue weighted by Crippen LogP contribution is -2.32. The van der Waals surface area contributed by atoms with Crippen molar-refractivity contribution in [2.45, 2.75) is 4.90 Å². The quantitative estimate of drug-likeness (QED) is 0.461. The highest BCUT2D eigenvalue weighted by Gasteiger charge is 2.27. The summed E-state index contributed by atoms with van der Waals surface area (Å²) in [6, 6.07) is 18.0. The van der Waals surface area contributed by atoms with Gasteiger partial charge in [0.05, 0.1) is 27.8 Å². The number of benzene rings is 3. The molecule has 0 saturated heterocycles. The van der Waals surface area contributed by atoms with E-state index < -0.39 is 21.7 Å². The van der Waals surface area contributed by atoms with Gasteiger partial charge in [-0.05, 0) is 42.5 Å². The van der Waals surface area contributed by atoms with Crippen LogP contribution < -0.4 is 9.21 Å². The van der Waals surface area contributed by atoms with Gasteiger partial charge in [-0.2, -0.15) is 0 Å². The van der Waals surface area contributed by atoms with Gasteiger partial charge in [-0.3, -0.25) is 9.10 Å². The maximum absolute atomic E-state index is 14.1. The molecule has 1 amide bonds. The van der Waals surface area contributed by atoms with Crippen molar-refractivity contribution in [2.24, 2.45) is 0 Å². The molecule has 5 nitrogen and oxygen atoms in total. The molecule has 0 heterocycles. The highest BCUT2D eigenvalue weighted by atomic mass is 35.5. The summed E-state index contributed by atoms with van der Waals surface area (Å²) in [4.78, 5) is 13.9. The van der Waals surface area contributed by atoms with Crippen molar-refractivity contribution in [2.75, 3.05) is 22.8 Å². The molecule has 3 rings (SSSR count). The van der Waals surface area contributed by atoms with E-state index in [2.05, 4.69) is 6.58 Å². The smallest absolute Gasteiger partial charge is 0.264 e. The minimum absolute atomic E-state index is 0.0145. The van der Waals surface area contributed by atoms with E-state index in [0.717, 1.165) is 9.21 Å². The second kappa shape index (κ2) is 9.32. The fourth-order valence-corrected chi connectivity index (χ4v) is 4.83. The Morgan fingerprint density at radius 1 is 1.03 bits per heavy atom. The number of sulfonamides is 1. The van der Waals surface area contributed by atoms with Crippen LogP contribution in [0.5, 0.6) is 0 Å². The molecule has 8 heteroatoms. The molecule has 31 heavy (non-hydrogen) atoms. The third-order valence-corrected chi connectivity index (χ3v) is 6.70. The van der Waals surface area contributed by atoms with Crippen LogP contribution in [-0.4, -0.2) is 27.9 Å². The van der Waals surface area contributed by atoms with Crippen molar-refractivity contribution in [3.8, 4) is 0 Å². The normalized spacial score (nSPS) is 11.1. The van der Waals surface area contributed by atoms with Crippen LogP contribution in [0.25, 0.3) is 0 Å². The molecule has 0 aliphatic rings. The van der Waals surface area contributed by atoms with Crippen molar-refractivity contribution in [3.63, 3.8) is 0 Å². The van der Waals surface area contributed by atoms with Crippen LogP contribution in [0.1, 0.15) is 10.4 Å². The number of nitrogens with zero attached hydrogens (tertiary/aromatic N) is 2. The fourth-order valence-electron chi connectivity index (χ4n) is 3.04. The third kappa shape index (κ3) is 4.62. The van der Waals surface area contributed by atoms with Crippen LogP contribution in [0.2, 0.25) is 5.02 Å². The predicted octanol–water partition coefficient (Wildman–Crippen LogP) is 5.14. The summed E-state index contributed by atoms with van der Waals surface area (Å²) < 4.78 is 42.0. The standard InChI is InChI=1S/C23H20ClFN2O3S/c1-3-15-27(21-13-6-4-11-19(21)24)31(29,30)18-10-8-9-17(16-18)23(28)26(2)22-14-7-5-12-20(22)25/h3-14,16H,1,15H2,2H3. The number of carbonyl (C=O) groups is 1. The number of hydrogen-bond donors (Lipinski definition) is 0. The molecular formula is C23H20ClFN2O3S. The van der Waals surface area contributed by atoms with Crippen molar-refractivity contribution in [1.82, 2.24) is 0 Å². The van der Waals surface area contributed by atoms with Gasteiger partial charge in [0.25, 0.3) is 15.9 Å². The first-order valence-corrected chi connectivity index (χ1v) is 11.1. The van der Waals surface area contributed by atoms with E-state index in [0.29, 0.717) is 5.69 Å². The molecule has 0 atom stereocenters. The zero-order chi connectivity index (χ0) is 22.6. The van der Waals surface area contributed by atoms with Crippen molar-refractivity contribution >= 4 is 38.9 Å². The lowest BCUT2D eigenvalue weighted by Gasteiger charge is -2.24. The first-order chi connectivity index (χ1) is 14.8. The summed E-state index contributed by atoms with van der Waals surface area (Å²) >= 11 is 6.22. The maximum atomic E-state index is 14.1. The zero-order valence-corrected chi connectivity index (χ0v) is 18.3. The van der Waals surface area contributed by atoms with Gasteiger partial charge in [0.1, 0.15) is 5.82 Å². The van der Waals surface area contributed by atoms with Gasteiger partial charge < -0.3 is 4.90 Å². The second-order valence-electron chi connectivity index (χ2n) is 6.62. The van der Waals surface area contributed by atoms with Gasteiger partial charge in [0, 0.05) is 12.6 Å². The summed E-state index contributed by atoms with van der Waals surface area (Å²) in [6.45, 7) is 3.61. The Bertz CT molecular complexity index is 1230. The maximum Gasteiger partial charge on any atom is 0.264 e. The molecule has 0 aromatic heterocycles. The lowest BCUT2D eigenvalue weighted by molar-refractivity contribution is 0.0992. The Morgan fingerprint density at radius 3 is 2.32 bits per heavy atom. The van der Waals surface area contributed by atoms with E-state index in [4.69, 9.17) is 11.6 Å². The Labute approximate surface area is 186 Å². The van der Waals surface area contributed by atoms with Gasteiger partial charge in [0.15, 0.2) is 0 Å². The molecule has 0 bridgehead atoms. The van der Waals surface area contributed by atoms with E-state index in [-0.39, 0.29) is 27.7 Å². The Kier molecular flexibility index (Phi) is 6.77. The van der Waals surface area contributed by atoms with Crippen molar-refractivity contribution in [1.29, 1.82) is 0 Å². The van der Waals surface area contributed by atoms with E-state index in [1.807, 2.05) is 0 Å². The average Bonchev–Trinajstić information content (AvgIpc) is 2.77. The number of carbonyl (C=O) groups excluding carboxylic acids is 1. The topological polar surface area (TPSA) is 57.7 Å². The SMILES string of the molecule is C=CCN(c1ccccc1Cl)S(=O)(=O)c1cccc(C(=O)N(C)c2ccccc2F)c1. The molecule has 160 valence electrons. The zero-order valence-electron chi connectivity index (χ0n) is 16.7. The van der Waals surface area contributed by atoms with Gasteiger partial charge in [-0.1, -0.05) is 48.0 Å². The summed E-state index contributed by atoms with van der Waals surface area (Å²) in [6.07, 6.45) is 1.45. The molecule has 0 N–H and O–H groups in total. The van der Waals surface area contributed by atoms with Crippen LogP contribution >= 0.6 is 11.6 Å². The van der Waals surface area contributed by atoms with Gasteiger partial charge in [-0.25, -0.2) is 12.8 Å². The minimum Gasteiger partial charge on any atom is -0.309 e. The summed E-state index contributed by atoms with van der Waals surface area (Å²) in [5, 5.41) is 0.263. The van der Waals surface area contributed by atoms with E-state index >= 15 is 0 Å². The fraction of sp³-hybridized carbons (Fsp3) is 0.0870. The Morgan fingerprint density at radius 2 is 1.68 bits per heavy atom.